The molecule has 5 N–H and O–H groups in total. The van der Waals surface area contributed by atoms with Crippen molar-refractivity contribution in [3.63, 3.8) is 0 Å². The highest BCUT2D eigenvalue weighted by Crippen LogP contribution is 2.58. The van der Waals surface area contributed by atoms with Crippen LogP contribution < -0.4 is 34.1 Å². The van der Waals surface area contributed by atoms with Crippen LogP contribution in [0.1, 0.15) is 238 Å². The van der Waals surface area contributed by atoms with Crippen molar-refractivity contribution in [3.8, 4) is 23.3 Å². The zero-order chi connectivity index (χ0) is 80.2. The van der Waals surface area contributed by atoms with E-state index in [0.29, 0.717) is 115 Å². The summed E-state index contributed by atoms with van der Waals surface area (Å²) in [5.41, 5.74) is 6.49. The maximum absolute atomic E-state index is 14.8. The fourth-order valence-electron chi connectivity index (χ4n) is 16.9. The van der Waals surface area contributed by atoms with E-state index in [1.807, 2.05) is 86.6 Å². The van der Waals surface area contributed by atoms with Crippen LogP contribution in [0.15, 0.2) is 36.4 Å². The number of rotatable bonds is 14. The third-order valence-corrected chi connectivity index (χ3v) is 28.5. The Balaban J connectivity index is 0.000000242. The number of amides is 4. The number of aromatic nitrogens is 4. The number of ketones is 1. The van der Waals surface area contributed by atoms with Gasteiger partial charge in [-0.15, -0.1) is 12.4 Å². The van der Waals surface area contributed by atoms with E-state index in [1.54, 1.807) is 33.3 Å². The number of fused-ring (bicyclic) bond motifs is 10. The van der Waals surface area contributed by atoms with Crippen molar-refractivity contribution < 1.29 is 88.7 Å². The molecule has 0 radical (unpaired) electrons. The number of carbonyl (C=O) groups is 8. The van der Waals surface area contributed by atoms with E-state index >= 15 is 0 Å². The van der Waals surface area contributed by atoms with Crippen molar-refractivity contribution in [1.82, 2.24) is 39.2 Å². The Morgan fingerprint density at radius 2 is 0.983 bits per heavy atom. The molecule has 2 aromatic carbocycles. The number of carboxylic acids is 1. The average molecular weight is 1670 g/mol. The zero-order valence-corrected chi connectivity index (χ0v) is 69.1. The number of Topliss-reactive ketones (excluding diaryl/α,β-unsaturated/α-hetero) is 1. The highest BCUT2D eigenvalue weighted by molar-refractivity contribution is 7.91. The van der Waals surface area contributed by atoms with Crippen molar-refractivity contribution in [3.05, 3.63) is 47.8 Å². The molecule has 6 aliphatic carbocycles. The normalized spacial score (nSPS) is 30.2. The summed E-state index contributed by atoms with van der Waals surface area (Å²) in [5.74, 6) is -4.16. The predicted octanol–water partition coefficient (Wildman–Crippen LogP) is 11.8. The lowest BCUT2D eigenvalue weighted by Gasteiger charge is -2.35. The van der Waals surface area contributed by atoms with Gasteiger partial charge < -0.3 is 49.1 Å². The number of ether oxygens (including phenoxy) is 6. The van der Waals surface area contributed by atoms with Crippen molar-refractivity contribution in [1.29, 1.82) is 0 Å². The number of carbonyl (C=O) groups excluding carboxylic acids is 7. The van der Waals surface area contributed by atoms with Gasteiger partial charge in [0.25, 0.3) is 5.91 Å². The lowest BCUT2D eigenvalue weighted by molar-refractivity contribution is -0.157. The van der Waals surface area contributed by atoms with E-state index in [4.69, 9.17) is 54.1 Å². The molecule has 14 rings (SSSR count). The summed E-state index contributed by atoms with van der Waals surface area (Å²) >= 11 is 0. The summed E-state index contributed by atoms with van der Waals surface area (Å²) in [6.07, 6.45) is 13.3. The van der Waals surface area contributed by atoms with Crippen LogP contribution in [0.2, 0.25) is 0 Å². The van der Waals surface area contributed by atoms with Gasteiger partial charge in [-0.3, -0.25) is 43.0 Å². The lowest BCUT2D eigenvalue weighted by atomic mass is 9.77. The summed E-state index contributed by atoms with van der Waals surface area (Å²) in [5, 5.41) is 9.25. The number of carboxylic acid groups (broad SMARTS) is 1. The van der Waals surface area contributed by atoms with Gasteiger partial charge in [0.05, 0.1) is 102 Å². The summed E-state index contributed by atoms with van der Waals surface area (Å²) in [4.78, 5) is 130. The second-order valence-corrected chi connectivity index (χ2v) is 39.1. The largest absolute Gasteiger partial charge is 0.497 e. The maximum Gasteiger partial charge on any atom is 0.326 e. The van der Waals surface area contributed by atoms with E-state index in [0.717, 1.165) is 81.8 Å². The van der Waals surface area contributed by atoms with Crippen LogP contribution in [0.3, 0.4) is 0 Å². The second-order valence-electron chi connectivity index (χ2n) is 35.2. The van der Waals surface area contributed by atoms with Gasteiger partial charge in [0, 0.05) is 30.4 Å². The summed E-state index contributed by atoms with van der Waals surface area (Å²) in [6.45, 7) is 19.0. The van der Waals surface area contributed by atoms with E-state index in [2.05, 4.69) is 9.44 Å². The first-order valence-corrected chi connectivity index (χ1v) is 43.2. The first-order chi connectivity index (χ1) is 52.4. The Hall–Kier alpha value is -7.57. The van der Waals surface area contributed by atoms with Crippen LogP contribution in [-0.2, 0) is 80.7 Å². The molecule has 115 heavy (non-hydrogen) atoms. The highest BCUT2D eigenvalue weighted by Gasteiger charge is 2.63. The second kappa shape index (κ2) is 36.7. The Kier molecular flexibility index (Phi) is 29.7. The lowest BCUT2D eigenvalue weighted by Crippen LogP contribution is -2.50. The van der Waals surface area contributed by atoms with Crippen LogP contribution in [0.4, 0.5) is 0 Å². The van der Waals surface area contributed by atoms with Gasteiger partial charge >= 0.3 is 17.9 Å². The van der Waals surface area contributed by atoms with Gasteiger partial charge in [-0.1, -0.05) is 130 Å². The maximum atomic E-state index is 14.8. The Labute approximate surface area is 685 Å². The number of hydrogen-bond acceptors (Lipinski definition) is 23. The molecule has 4 bridgehead atoms. The molecule has 0 spiro atoms. The standard InChI is InChI=1S/C41H56N4O9S.C31H41N3O7.C9H16N2O3S.3CH4.ClH/c1-7-25-20-41(25,39(49)44-55(50,51)27-14-15-27)21-32(46)36-23(2)34-22-45(36)38(48)28(40(3,4)5)19-35(47)53-33-17-24(33)11-9-8-10-12-30-37(54-34)43-31-18-26(52-6)13-16-29(31)42-30;1-17-25-16-34(27(17)30(37)38)29(36)20(31(2,3)4)15-26(35)40-24-13-18(24)9-7-6-8-10-22-28(41-25)33-23-14-19(39-5)11-12-21(23)32-22;1-2-6-5-9(6,10)8(12)11-15(13,14)7-3-4-7;;;;/h13,16,18,23-25,27-28,33-34,36H,7-12,14-15,17,19-22H2,1-6H3,(H,44,49);11-12,14,17-18,20,24-25,27H,6-10,13,15-16H2,1-5H3,(H,37,38);6-7H,2-5,10H2,1H3,(H,11,12);3*1H4;1H/t23-,24-,25-,28-,33-,34+,36+,41-;17-,18-,20-,24-,25+,27+;6-,9-;;;;/m111..../s1. The van der Waals surface area contributed by atoms with Crippen molar-refractivity contribution in [2.24, 2.45) is 69.3 Å². The Morgan fingerprint density at radius 1 is 0.565 bits per heavy atom. The fourth-order valence-corrected chi connectivity index (χ4v) is 19.6. The summed E-state index contributed by atoms with van der Waals surface area (Å²) in [6, 6.07) is 8.92. The number of esters is 2. The third-order valence-electron chi connectivity index (χ3n) is 24.9. The molecule has 0 unspecified atom stereocenters. The molecule has 6 heterocycles. The van der Waals surface area contributed by atoms with E-state index in [-0.39, 0.29) is 114 Å². The topological polar surface area (TPSA) is 389 Å². The van der Waals surface area contributed by atoms with Gasteiger partial charge in [0.1, 0.15) is 53.3 Å². The number of benzene rings is 2. The van der Waals surface area contributed by atoms with E-state index < -0.39 is 125 Å². The van der Waals surface area contributed by atoms with Gasteiger partial charge in [0.2, 0.25) is 49.5 Å². The van der Waals surface area contributed by atoms with E-state index in [9.17, 15) is 60.3 Å². The SMILES string of the molecule is C.C.C.CC[C@@H]1C[C@]1(CC(=O)[C@@H]1[C@H](C)[C@@H]2CN1C(=O)[C@H](C(C)(C)C)CC(=O)O[C@@H]1C[C@H]1CCCCCc1nc3ccc(OC)cc3nc1O2)C(=O)NS(=O)(=O)C1CC1.CC[C@@H]1C[C@]1(N)C(=O)NS(=O)(=O)C1CC1.COc1ccc2nc3c(nc2c1)O[C@H]1CN(C(=O)[C@H](C(C)(C)C)CC(=O)O[C@@H]2C[C@H]2CCCCC3)[C@H](C(=O)O)[C@@H]1C.Cl. The van der Waals surface area contributed by atoms with Gasteiger partial charge in [-0.05, 0) is 149 Å². The van der Waals surface area contributed by atoms with Crippen LogP contribution in [0.25, 0.3) is 22.1 Å². The first-order valence-electron chi connectivity index (χ1n) is 40.1. The molecule has 2 aromatic heterocycles. The predicted molar refractivity (Wildman–Crippen MR) is 437 cm³/mol. The number of aliphatic carboxylic acids is 1. The van der Waals surface area contributed by atoms with Gasteiger partial charge in [-0.2, -0.15) is 0 Å². The molecular formula is C84H126ClN9O19S2. The number of hydrogen-bond donors (Lipinski definition) is 4. The minimum absolute atomic E-state index is 0. The molecule has 10 aliphatic rings. The molecule has 4 amide bonds. The molecule has 4 aliphatic heterocycles. The summed E-state index contributed by atoms with van der Waals surface area (Å²) in [7, 11) is -4.10. The van der Waals surface area contributed by atoms with Crippen LogP contribution in [0.5, 0.6) is 23.3 Å². The van der Waals surface area contributed by atoms with Crippen molar-refractivity contribution >= 4 is 102 Å². The zero-order valence-electron chi connectivity index (χ0n) is 66.7. The highest BCUT2D eigenvalue weighted by atomic mass is 35.5. The molecule has 16 atom stereocenters. The van der Waals surface area contributed by atoms with Crippen LogP contribution in [-0.4, -0.2) is 179 Å². The third kappa shape index (κ3) is 21.3. The van der Waals surface area contributed by atoms with Gasteiger partial charge in [0.15, 0.2) is 5.78 Å². The van der Waals surface area contributed by atoms with Crippen LogP contribution >= 0.6 is 12.4 Å². The number of nitrogens with two attached hydrogens (primary N) is 1. The molecule has 6 saturated carbocycles. The molecule has 8 fully saturated rings. The molecule has 4 aromatic rings. The Morgan fingerprint density at radius 3 is 1.37 bits per heavy atom. The molecule has 640 valence electrons. The average Bonchev–Trinajstić information content (AvgIpc) is 1.57. The monoisotopic (exact) mass is 1660 g/mol. The van der Waals surface area contributed by atoms with Crippen molar-refractivity contribution in [2.75, 3.05) is 27.3 Å². The number of aryl methyl sites for hydroxylation is 2. The molecule has 31 heteroatoms. The van der Waals surface area contributed by atoms with Crippen molar-refractivity contribution in [2.45, 2.75) is 292 Å². The van der Waals surface area contributed by atoms with E-state index in [1.165, 1.54) is 9.80 Å². The number of sulfonamides is 2. The molecule has 28 nitrogen and oxygen atoms in total. The van der Waals surface area contributed by atoms with Gasteiger partial charge in [-0.25, -0.2) is 41.6 Å². The molecular weight excluding hydrogens is 1540 g/mol. The van der Waals surface area contributed by atoms with Crippen LogP contribution in [0, 0.1) is 63.6 Å². The smallest absolute Gasteiger partial charge is 0.326 e. The Bertz CT molecular complexity index is 4470. The number of methoxy groups -OCH3 is 2. The minimum Gasteiger partial charge on any atom is -0.497 e. The quantitative estimate of drug-likeness (QED) is 0.0852. The minimum atomic E-state index is -3.83. The number of halogens is 1. The number of nitrogens with zero attached hydrogens (tertiary/aromatic N) is 6. The first kappa shape index (κ1) is 92.9. The summed E-state index contributed by atoms with van der Waals surface area (Å²) < 4.78 is 88.7. The molecule has 2 saturated heterocycles. The fraction of sp³-hybridized carbons (Fsp3) is 0.714. The number of nitrogens with one attached hydrogen (secondary N) is 2.